The van der Waals surface area contributed by atoms with Crippen LogP contribution in [0.2, 0.25) is 0 Å². The molecule has 6 aliphatic rings. The van der Waals surface area contributed by atoms with Crippen molar-refractivity contribution in [3.05, 3.63) is 0 Å². The van der Waals surface area contributed by atoms with Crippen LogP contribution in [0.1, 0.15) is 122 Å². The van der Waals surface area contributed by atoms with E-state index in [2.05, 4.69) is 22.4 Å². The van der Waals surface area contributed by atoms with Crippen molar-refractivity contribution in [2.24, 2.45) is 29.6 Å². The maximum Gasteiger partial charge on any atom is 0.0186 e. The minimum absolute atomic E-state index is 0.571. The van der Waals surface area contributed by atoms with Gasteiger partial charge in [0.15, 0.2) is 0 Å². The van der Waals surface area contributed by atoms with E-state index in [0.29, 0.717) is 5.54 Å². The van der Waals surface area contributed by atoms with Crippen molar-refractivity contribution in [3.63, 3.8) is 0 Å². The second-order valence-electron chi connectivity index (χ2n) is 13.0. The number of fused-ring (bicyclic) bond motifs is 4. The molecule has 4 unspecified atom stereocenters. The molecule has 2 nitrogen and oxygen atoms in total. The van der Waals surface area contributed by atoms with E-state index >= 15 is 0 Å². The van der Waals surface area contributed by atoms with E-state index < -0.39 is 0 Å². The van der Waals surface area contributed by atoms with Gasteiger partial charge in [-0.05, 0) is 126 Å². The molecule has 0 radical (unpaired) electrons. The number of nitrogens with one attached hydrogen (secondary N) is 2. The summed E-state index contributed by atoms with van der Waals surface area (Å²) in [5.74, 6) is 6.66. The molecule has 33 heavy (non-hydrogen) atoms. The Kier molecular flexibility index (Phi) is 9.44. The lowest BCUT2D eigenvalue weighted by atomic mass is 9.62. The lowest BCUT2D eigenvalue weighted by molar-refractivity contribution is 0.0687. The molecule has 0 aromatic carbocycles. The maximum absolute atomic E-state index is 4.12. The summed E-state index contributed by atoms with van der Waals surface area (Å²) >= 11 is 2.30. The number of hydrogen-bond donors (Lipinski definition) is 2. The second-order valence-corrected chi connectivity index (χ2v) is 14.3. The van der Waals surface area contributed by atoms with E-state index in [4.69, 9.17) is 0 Å². The number of rotatable bonds is 12. The number of thioether (sulfide) groups is 1. The summed E-state index contributed by atoms with van der Waals surface area (Å²) < 4.78 is 0. The summed E-state index contributed by atoms with van der Waals surface area (Å²) in [4.78, 5) is 0. The van der Waals surface area contributed by atoms with E-state index in [9.17, 15) is 0 Å². The first-order valence-corrected chi connectivity index (χ1v) is 16.4. The molecular formula is C30H54N2S. The molecule has 0 amide bonds. The Labute approximate surface area is 210 Å². The highest BCUT2D eigenvalue weighted by atomic mass is 32.2. The van der Waals surface area contributed by atoms with E-state index in [0.717, 1.165) is 34.8 Å². The van der Waals surface area contributed by atoms with Crippen molar-refractivity contribution >= 4 is 11.8 Å². The molecule has 0 aromatic rings. The van der Waals surface area contributed by atoms with Gasteiger partial charge in [-0.2, -0.15) is 11.8 Å². The summed E-state index contributed by atoms with van der Waals surface area (Å²) in [6.45, 7) is 3.86. The van der Waals surface area contributed by atoms with Gasteiger partial charge in [-0.15, -0.1) is 0 Å². The van der Waals surface area contributed by atoms with E-state index in [1.807, 2.05) is 0 Å². The minimum atomic E-state index is 0.571. The average molecular weight is 475 g/mol. The van der Waals surface area contributed by atoms with Gasteiger partial charge in [0.05, 0.1) is 0 Å². The molecule has 4 saturated carbocycles. The molecule has 6 rings (SSSR count). The molecule has 2 bridgehead atoms. The molecule has 0 spiro atoms. The molecule has 4 aliphatic carbocycles. The van der Waals surface area contributed by atoms with Crippen LogP contribution in [0, 0.1) is 29.6 Å². The van der Waals surface area contributed by atoms with Gasteiger partial charge in [0.25, 0.3) is 0 Å². The zero-order valence-electron chi connectivity index (χ0n) is 21.6. The fourth-order valence-electron chi connectivity index (χ4n) is 7.98. The second kappa shape index (κ2) is 12.5. The normalized spacial score (nSPS) is 38.2. The minimum Gasteiger partial charge on any atom is -0.316 e. The molecule has 0 aromatic heterocycles. The lowest BCUT2D eigenvalue weighted by Crippen LogP contribution is -2.56. The Morgan fingerprint density at radius 2 is 1.76 bits per heavy atom. The Balaban J connectivity index is 0.964. The number of hydrogen-bond acceptors (Lipinski definition) is 3. The van der Waals surface area contributed by atoms with Crippen LogP contribution in [0.15, 0.2) is 0 Å². The predicted octanol–water partition coefficient (Wildman–Crippen LogP) is 7.57. The van der Waals surface area contributed by atoms with Crippen molar-refractivity contribution in [2.45, 2.75) is 133 Å². The highest BCUT2D eigenvalue weighted by Gasteiger charge is 2.43. The third kappa shape index (κ3) is 7.39. The maximum atomic E-state index is 4.12. The van der Waals surface area contributed by atoms with Crippen molar-refractivity contribution < 1.29 is 0 Å². The molecule has 6 fully saturated rings. The third-order valence-electron chi connectivity index (χ3n) is 10.4. The van der Waals surface area contributed by atoms with Crippen LogP contribution in [0.4, 0.5) is 0 Å². The lowest BCUT2D eigenvalue weighted by Gasteiger charge is -2.50. The Morgan fingerprint density at radius 1 is 0.879 bits per heavy atom. The van der Waals surface area contributed by atoms with E-state index in [1.165, 1.54) is 147 Å². The molecular weight excluding hydrogens is 420 g/mol. The van der Waals surface area contributed by atoms with Crippen LogP contribution in [-0.4, -0.2) is 36.2 Å². The first kappa shape index (κ1) is 24.9. The molecule has 2 heterocycles. The van der Waals surface area contributed by atoms with E-state index in [1.54, 1.807) is 0 Å². The molecule has 2 saturated heterocycles. The molecule has 4 atom stereocenters. The monoisotopic (exact) mass is 474 g/mol. The van der Waals surface area contributed by atoms with Crippen molar-refractivity contribution in [1.29, 1.82) is 0 Å². The van der Waals surface area contributed by atoms with Gasteiger partial charge in [0.2, 0.25) is 0 Å². The van der Waals surface area contributed by atoms with Gasteiger partial charge in [0, 0.05) is 10.8 Å². The van der Waals surface area contributed by atoms with Crippen LogP contribution in [0.5, 0.6) is 0 Å². The van der Waals surface area contributed by atoms with Gasteiger partial charge in [-0.3, -0.25) is 0 Å². The van der Waals surface area contributed by atoms with Gasteiger partial charge >= 0.3 is 0 Å². The van der Waals surface area contributed by atoms with Crippen LogP contribution in [0.3, 0.4) is 0 Å². The van der Waals surface area contributed by atoms with Crippen LogP contribution >= 0.6 is 11.8 Å². The topological polar surface area (TPSA) is 24.1 Å². The zero-order valence-corrected chi connectivity index (χ0v) is 22.5. The van der Waals surface area contributed by atoms with Crippen LogP contribution in [-0.2, 0) is 0 Å². The molecule has 3 heteroatoms. The van der Waals surface area contributed by atoms with Crippen LogP contribution < -0.4 is 10.6 Å². The van der Waals surface area contributed by atoms with Gasteiger partial charge < -0.3 is 10.6 Å². The Hall–Kier alpha value is 0.270. The smallest absolute Gasteiger partial charge is 0.0186 e. The fourth-order valence-corrected chi connectivity index (χ4v) is 9.32. The molecule has 2 N–H and O–H groups in total. The predicted molar refractivity (Wildman–Crippen MR) is 145 cm³/mol. The van der Waals surface area contributed by atoms with Crippen molar-refractivity contribution in [3.8, 4) is 0 Å². The summed E-state index contributed by atoms with van der Waals surface area (Å²) in [6, 6.07) is 0. The average Bonchev–Trinajstić information content (AvgIpc) is 3.55. The highest BCUT2D eigenvalue weighted by molar-refractivity contribution is 8.01. The van der Waals surface area contributed by atoms with Crippen LogP contribution in [0.25, 0.3) is 0 Å². The third-order valence-corrected chi connectivity index (χ3v) is 12.1. The first-order chi connectivity index (χ1) is 16.3. The van der Waals surface area contributed by atoms with E-state index in [-0.39, 0.29) is 0 Å². The molecule has 2 aliphatic heterocycles. The summed E-state index contributed by atoms with van der Waals surface area (Å²) in [6.07, 6.45) is 28.4. The van der Waals surface area contributed by atoms with Gasteiger partial charge in [0.1, 0.15) is 0 Å². The fraction of sp³-hybridized carbons (Fsp3) is 1.00. The Bertz CT molecular complexity index is 556. The summed E-state index contributed by atoms with van der Waals surface area (Å²) in [5, 5.41) is 8.83. The standard InChI is InChI=1S/C30H54N2S/c1-3-9-25-20-30(21-25,17-5-1)32-19-16-26(27-13-14-27)10-7-11-28-23-33-29(28)15-12-24-8-4-2-6-18-31-22-24/h24-29,31-32H,1-23H2. The zero-order chi connectivity index (χ0) is 22.3. The Morgan fingerprint density at radius 3 is 2.61 bits per heavy atom. The van der Waals surface area contributed by atoms with Crippen molar-refractivity contribution in [2.75, 3.05) is 25.4 Å². The largest absolute Gasteiger partial charge is 0.316 e. The van der Waals surface area contributed by atoms with Gasteiger partial charge in [-0.1, -0.05) is 51.4 Å². The SMILES string of the molecule is C1CCNCC(CCC2SCC2CCCC(CCNC23CCCCCC(C2)C3)C2CC2)CC1. The van der Waals surface area contributed by atoms with Crippen molar-refractivity contribution in [1.82, 2.24) is 10.6 Å². The van der Waals surface area contributed by atoms with Gasteiger partial charge in [-0.25, -0.2) is 0 Å². The quantitative estimate of drug-likeness (QED) is 0.305. The summed E-state index contributed by atoms with van der Waals surface area (Å²) in [7, 11) is 0. The molecule has 190 valence electrons. The first-order valence-electron chi connectivity index (χ1n) is 15.4. The summed E-state index contributed by atoms with van der Waals surface area (Å²) in [5.41, 5.74) is 0.571. The highest BCUT2D eigenvalue weighted by Crippen LogP contribution is 2.47.